The molecule has 0 unspecified atom stereocenters. The summed E-state index contributed by atoms with van der Waals surface area (Å²) in [5.74, 6) is 0.583. The molecule has 0 N–H and O–H groups in total. The SMILES string of the molecule is C/C=C(\N=C(/C)CCc1cc(CC)cc2c1C=C(/C(C)=C/C(C)C)C2)c1ccccc1. The summed E-state index contributed by atoms with van der Waals surface area (Å²) in [6, 6.07) is 15.3. The standard InChI is InChI=1S/C30H37N/c1-7-24-17-26(29-20-27(19-28(29)18-24)22(5)16-21(3)4)15-14-23(6)31-30(8-2)25-12-10-9-11-13-25/h8-13,16-18,20-21H,7,14-15,19H2,1-6H3/b22-16+,30-8-,31-23+. The highest BCUT2D eigenvalue weighted by Crippen LogP contribution is 2.34. The number of hydrogen-bond donors (Lipinski definition) is 0. The van der Waals surface area contributed by atoms with Crippen LogP contribution in [0.2, 0.25) is 0 Å². The van der Waals surface area contributed by atoms with E-state index in [0.29, 0.717) is 5.92 Å². The van der Waals surface area contributed by atoms with E-state index in [1.807, 2.05) is 0 Å². The molecule has 0 fully saturated rings. The molecular weight excluding hydrogens is 374 g/mol. The van der Waals surface area contributed by atoms with Crippen molar-refractivity contribution < 1.29 is 0 Å². The van der Waals surface area contributed by atoms with Gasteiger partial charge in [-0.3, -0.25) is 4.99 Å². The zero-order chi connectivity index (χ0) is 22.4. The molecule has 0 aliphatic heterocycles. The van der Waals surface area contributed by atoms with Crippen molar-refractivity contribution in [2.24, 2.45) is 10.9 Å². The van der Waals surface area contributed by atoms with Crippen molar-refractivity contribution in [3.8, 4) is 0 Å². The van der Waals surface area contributed by atoms with E-state index < -0.39 is 0 Å². The molecule has 2 aromatic carbocycles. The quantitative estimate of drug-likeness (QED) is 0.388. The Morgan fingerprint density at radius 2 is 1.84 bits per heavy atom. The van der Waals surface area contributed by atoms with Gasteiger partial charge in [0.15, 0.2) is 0 Å². The van der Waals surface area contributed by atoms with Crippen LogP contribution in [0.3, 0.4) is 0 Å². The van der Waals surface area contributed by atoms with E-state index in [2.05, 4.69) is 102 Å². The number of benzene rings is 2. The normalized spacial score (nSPS) is 14.8. The first-order chi connectivity index (χ1) is 14.9. The minimum Gasteiger partial charge on any atom is -0.258 e. The molecule has 1 heteroatoms. The van der Waals surface area contributed by atoms with Gasteiger partial charge in [-0.1, -0.05) is 87.0 Å². The van der Waals surface area contributed by atoms with Crippen LogP contribution in [0, 0.1) is 5.92 Å². The minimum atomic E-state index is 0.583. The van der Waals surface area contributed by atoms with Gasteiger partial charge in [0.25, 0.3) is 0 Å². The summed E-state index contributed by atoms with van der Waals surface area (Å²) in [6.45, 7) is 13.2. The molecule has 1 nitrogen and oxygen atoms in total. The van der Waals surface area contributed by atoms with Crippen LogP contribution in [-0.2, 0) is 19.3 Å². The Balaban J connectivity index is 1.82. The highest BCUT2D eigenvalue weighted by molar-refractivity contribution is 5.88. The van der Waals surface area contributed by atoms with Gasteiger partial charge in [-0.05, 0) is 85.8 Å². The summed E-state index contributed by atoms with van der Waals surface area (Å²) in [4.78, 5) is 4.95. The molecule has 0 spiro atoms. The molecule has 0 aromatic heterocycles. The number of hydrogen-bond acceptors (Lipinski definition) is 1. The molecule has 0 radical (unpaired) electrons. The predicted octanol–water partition coefficient (Wildman–Crippen LogP) is 8.25. The summed E-state index contributed by atoms with van der Waals surface area (Å²) in [5, 5.41) is 0. The van der Waals surface area contributed by atoms with Crippen molar-refractivity contribution in [2.45, 2.75) is 67.2 Å². The molecule has 1 aliphatic rings. The van der Waals surface area contributed by atoms with Gasteiger partial charge >= 0.3 is 0 Å². The van der Waals surface area contributed by atoms with Gasteiger partial charge in [-0.25, -0.2) is 0 Å². The Morgan fingerprint density at radius 3 is 2.48 bits per heavy atom. The molecule has 31 heavy (non-hydrogen) atoms. The summed E-state index contributed by atoms with van der Waals surface area (Å²) in [7, 11) is 0. The zero-order valence-corrected chi connectivity index (χ0v) is 20.1. The summed E-state index contributed by atoms with van der Waals surface area (Å²) in [6.07, 6.45) is 11.1. The fraction of sp³-hybridized carbons (Fsp3) is 0.367. The van der Waals surface area contributed by atoms with Crippen molar-refractivity contribution in [3.63, 3.8) is 0 Å². The van der Waals surface area contributed by atoms with Crippen molar-refractivity contribution in [3.05, 3.63) is 93.6 Å². The average molecular weight is 412 g/mol. The third-order valence-corrected chi connectivity index (χ3v) is 6.02. The second-order valence-electron chi connectivity index (χ2n) is 9.01. The van der Waals surface area contributed by atoms with Crippen LogP contribution in [0.4, 0.5) is 0 Å². The first kappa shape index (κ1) is 23.0. The van der Waals surface area contributed by atoms with E-state index in [9.17, 15) is 0 Å². The predicted molar refractivity (Wildman–Crippen MR) is 138 cm³/mol. The Kier molecular flexibility index (Phi) is 7.85. The largest absolute Gasteiger partial charge is 0.258 e. The van der Waals surface area contributed by atoms with Gasteiger partial charge in [0.05, 0.1) is 5.70 Å². The van der Waals surface area contributed by atoms with Crippen molar-refractivity contribution in [1.29, 1.82) is 0 Å². The first-order valence-electron chi connectivity index (χ1n) is 11.7. The lowest BCUT2D eigenvalue weighted by atomic mass is 9.94. The van der Waals surface area contributed by atoms with E-state index in [-0.39, 0.29) is 0 Å². The van der Waals surface area contributed by atoms with Crippen LogP contribution in [0.25, 0.3) is 11.8 Å². The van der Waals surface area contributed by atoms with Crippen LogP contribution >= 0.6 is 0 Å². The first-order valence-corrected chi connectivity index (χ1v) is 11.7. The van der Waals surface area contributed by atoms with Gasteiger partial charge in [0.1, 0.15) is 0 Å². The van der Waals surface area contributed by atoms with Crippen LogP contribution in [0.5, 0.6) is 0 Å². The maximum Gasteiger partial charge on any atom is 0.0658 e. The zero-order valence-electron chi connectivity index (χ0n) is 20.1. The van der Waals surface area contributed by atoms with Crippen LogP contribution < -0.4 is 0 Å². The maximum atomic E-state index is 4.95. The Bertz CT molecular complexity index is 1030. The summed E-state index contributed by atoms with van der Waals surface area (Å²) in [5.41, 5.74) is 12.2. The third-order valence-electron chi connectivity index (χ3n) is 6.02. The summed E-state index contributed by atoms with van der Waals surface area (Å²) >= 11 is 0. The lowest BCUT2D eigenvalue weighted by molar-refractivity contribution is 0.822. The van der Waals surface area contributed by atoms with Crippen molar-refractivity contribution in [1.82, 2.24) is 0 Å². The van der Waals surface area contributed by atoms with Gasteiger partial charge in [-0.15, -0.1) is 0 Å². The molecule has 1 aliphatic carbocycles. The van der Waals surface area contributed by atoms with Crippen LogP contribution in [-0.4, -0.2) is 5.71 Å². The van der Waals surface area contributed by atoms with E-state index in [1.165, 1.54) is 44.7 Å². The number of rotatable bonds is 8. The number of nitrogens with zero attached hydrogens (tertiary/aromatic N) is 1. The highest BCUT2D eigenvalue weighted by Gasteiger charge is 2.18. The molecule has 0 saturated heterocycles. The number of aliphatic imine (C=N–C) groups is 1. The molecule has 3 rings (SSSR count). The number of aryl methyl sites for hydroxylation is 2. The van der Waals surface area contributed by atoms with E-state index in [0.717, 1.165) is 31.4 Å². The Hall–Kier alpha value is -2.67. The van der Waals surface area contributed by atoms with Crippen molar-refractivity contribution in [2.75, 3.05) is 0 Å². The molecule has 0 heterocycles. The van der Waals surface area contributed by atoms with Gasteiger partial charge in [0, 0.05) is 5.71 Å². The Morgan fingerprint density at radius 1 is 1.10 bits per heavy atom. The minimum absolute atomic E-state index is 0.583. The van der Waals surface area contributed by atoms with Gasteiger partial charge in [0.2, 0.25) is 0 Å². The fourth-order valence-corrected chi connectivity index (χ4v) is 4.37. The molecule has 0 atom stereocenters. The third kappa shape index (κ3) is 5.94. The van der Waals surface area contributed by atoms with Crippen LogP contribution in [0.1, 0.15) is 75.8 Å². The molecule has 2 aromatic rings. The van der Waals surface area contributed by atoms with Crippen molar-refractivity contribution >= 4 is 17.5 Å². The second-order valence-corrected chi connectivity index (χ2v) is 9.01. The second kappa shape index (κ2) is 10.6. The van der Waals surface area contributed by atoms with E-state index in [1.54, 1.807) is 0 Å². The van der Waals surface area contributed by atoms with E-state index >= 15 is 0 Å². The molecule has 0 saturated carbocycles. The maximum absolute atomic E-state index is 4.95. The van der Waals surface area contributed by atoms with E-state index in [4.69, 9.17) is 4.99 Å². The highest BCUT2D eigenvalue weighted by atomic mass is 14.8. The molecule has 0 bridgehead atoms. The number of allylic oxidation sites excluding steroid dienone is 4. The lowest BCUT2D eigenvalue weighted by Crippen LogP contribution is -2.00. The molecule has 0 amide bonds. The Labute approximate surface area is 189 Å². The topological polar surface area (TPSA) is 12.4 Å². The molecule has 162 valence electrons. The van der Waals surface area contributed by atoms with Crippen LogP contribution in [0.15, 0.2) is 70.8 Å². The average Bonchev–Trinajstić information content (AvgIpc) is 3.20. The molecular formula is C30H37N. The smallest absolute Gasteiger partial charge is 0.0658 e. The van der Waals surface area contributed by atoms with Gasteiger partial charge in [-0.2, -0.15) is 0 Å². The summed E-state index contributed by atoms with van der Waals surface area (Å²) < 4.78 is 0. The van der Waals surface area contributed by atoms with Gasteiger partial charge < -0.3 is 0 Å². The lowest BCUT2D eigenvalue weighted by Gasteiger charge is -2.11. The number of fused-ring (bicyclic) bond motifs is 1. The fourth-order valence-electron chi connectivity index (χ4n) is 4.37. The monoisotopic (exact) mass is 411 g/mol.